The van der Waals surface area contributed by atoms with Crippen LogP contribution < -0.4 is 11.1 Å². The predicted octanol–water partition coefficient (Wildman–Crippen LogP) is 1.35. The number of oxime groups is 1. The number of nitrogens with one attached hydrogen (secondary N) is 1. The Kier molecular flexibility index (Phi) is 5.41. The summed E-state index contributed by atoms with van der Waals surface area (Å²) in [6.45, 7) is 5.57. The number of rotatable bonds is 6. The van der Waals surface area contributed by atoms with E-state index in [0.29, 0.717) is 6.42 Å². The predicted molar refractivity (Wildman–Crippen MR) is 71.8 cm³/mol. The minimum atomic E-state index is -0.635. The first-order valence-corrected chi connectivity index (χ1v) is 6.25. The average Bonchev–Trinajstić information content (AvgIpc) is 2.80. The second-order valence-corrected chi connectivity index (χ2v) is 4.94. The number of hydrogen-bond donors (Lipinski definition) is 3. The summed E-state index contributed by atoms with van der Waals surface area (Å²) >= 11 is 0. The van der Waals surface area contributed by atoms with Gasteiger partial charge >= 0.3 is 0 Å². The molecule has 1 heterocycles. The summed E-state index contributed by atoms with van der Waals surface area (Å²) in [5.74, 6) is -0.199. The molecule has 0 saturated heterocycles. The molecule has 106 valence electrons. The molecule has 0 spiro atoms. The lowest BCUT2D eigenvalue weighted by atomic mass is 9.93. The largest absolute Gasteiger partial charge is 0.469 e. The van der Waals surface area contributed by atoms with Crippen LogP contribution in [-0.2, 0) is 11.2 Å². The fourth-order valence-corrected chi connectivity index (χ4v) is 1.95. The zero-order valence-corrected chi connectivity index (χ0v) is 11.5. The minimum Gasteiger partial charge on any atom is -0.469 e. The van der Waals surface area contributed by atoms with Gasteiger partial charge < -0.3 is 20.7 Å². The van der Waals surface area contributed by atoms with E-state index in [4.69, 9.17) is 15.4 Å². The fourth-order valence-electron chi connectivity index (χ4n) is 1.95. The molecule has 0 radical (unpaired) electrons. The molecule has 4 N–H and O–H groups in total. The van der Waals surface area contributed by atoms with Crippen LogP contribution in [0, 0.1) is 11.8 Å². The third kappa shape index (κ3) is 4.31. The van der Waals surface area contributed by atoms with Crippen LogP contribution >= 0.6 is 0 Å². The summed E-state index contributed by atoms with van der Waals surface area (Å²) in [6, 6.07) is 3.56. The van der Waals surface area contributed by atoms with Crippen molar-refractivity contribution >= 4 is 11.7 Å². The number of furan rings is 1. The molecule has 6 nitrogen and oxygen atoms in total. The van der Waals surface area contributed by atoms with Gasteiger partial charge in [-0.25, -0.2) is 0 Å². The van der Waals surface area contributed by atoms with E-state index >= 15 is 0 Å². The summed E-state index contributed by atoms with van der Waals surface area (Å²) in [6.07, 6.45) is 2.19. The van der Waals surface area contributed by atoms with E-state index in [-0.39, 0.29) is 23.7 Å². The Morgan fingerprint density at radius 1 is 1.53 bits per heavy atom. The number of nitrogens with zero attached hydrogens (tertiary/aromatic N) is 1. The lowest BCUT2D eigenvalue weighted by molar-refractivity contribution is -0.124. The van der Waals surface area contributed by atoms with Gasteiger partial charge in [-0.05, 0) is 25.0 Å². The van der Waals surface area contributed by atoms with E-state index in [1.807, 2.05) is 26.8 Å². The zero-order valence-electron chi connectivity index (χ0n) is 11.5. The maximum atomic E-state index is 12.1. The van der Waals surface area contributed by atoms with Crippen molar-refractivity contribution in [2.75, 3.05) is 0 Å². The van der Waals surface area contributed by atoms with E-state index in [2.05, 4.69) is 10.5 Å². The summed E-state index contributed by atoms with van der Waals surface area (Å²) in [5.41, 5.74) is 5.55. The van der Waals surface area contributed by atoms with Gasteiger partial charge in [0.05, 0.1) is 6.26 Å². The van der Waals surface area contributed by atoms with E-state index < -0.39 is 5.92 Å². The standard InChI is InChI=1S/C13H21N3O3/c1-8(2)11(12(14)16-18)13(17)15-9(3)7-10-5-4-6-19-10/h4-6,8-9,11,18H,7H2,1-3H3,(H2,14,16)(H,15,17). The van der Waals surface area contributed by atoms with Crippen molar-refractivity contribution in [1.29, 1.82) is 0 Å². The van der Waals surface area contributed by atoms with Gasteiger partial charge in [-0.15, -0.1) is 0 Å². The first-order chi connectivity index (χ1) is 8.95. The summed E-state index contributed by atoms with van der Waals surface area (Å²) in [7, 11) is 0. The van der Waals surface area contributed by atoms with Crippen LogP contribution in [-0.4, -0.2) is 23.0 Å². The van der Waals surface area contributed by atoms with E-state index in [1.54, 1.807) is 12.3 Å². The molecule has 0 aliphatic rings. The second-order valence-electron chi connectivity index (χ2n) is 4.94. The van der Waals surface area contributed by atoms with Crippen molar-refractivity contribution in [2.24, 2.45) is 22.7 Å². The Hall–Kier alpha value is -1.98. The normalized spacial score (nSPS) is 15.3. The van der Waals surface area contributed by atoms with Gasteiger partial charge in [-0.3, -0.25) is 4.79 Å². The zero-order chi connectivity index (χ0) is 14.4. The van der Waals surface area contributed by atoms with Gasteiger partial charge in [0.2, 0.25) is 5.91 Å². The van der Waals surface area contributed by atoms with Crippen LogP contribution in [0.3, 0.4) is 0 Å². The summed E-state index contributed by atoms with van der Waals surface area (Å²) < 4.78 is 5.22. The Morgan fingerprint density at radius 3 is 2.68 bits per heavy atom. The number of carbonyl (C=O) groups excluding carboxylic acids is 1. The van der Waals surface area contributed by atoms with Crippen molar-refractivity contribution in [3.63, 3.8) is 0 Å². The molecule has 19 heavy (non-hydrogen) atoms. The van der Waals surface area contributed by atoms with Crippen LogP contribution in [0.25, 0.3) is 0 Å². The van der Waals surface area contributed by atoms with Crippen LogP contribution in [0.4, 0.5) is 0 Å². The Balaban J connectivity index is 2.61. The van der Waals surface area contributed by atoms with Crippen molar-refractivity contribution in [3.05, 3.63) is 24.2 Å². The molecule has 2 unspecified atom stereocenters. The molecular weight excluding hydrogens is 246 g/mol. The van der Waals surface area contributed by atoms with Crippen LogP contribution in [0.2, 0.25) is 0 Å². The topological polar surface area (TPSA) is 101 Å². The quantitative estimate of drug-likeness (QED) is 0.313. The highest BCUT2D eigenvalue weighted by molar-refractivity contribution is 6.02. The number of carbonyl (C=O) groups is 1. The van der Waals surface area contributed by atoms with Gasteiger partial charge in [-0.1, -0.05) is 19.0 Å². The van der Waals surface area contributed by atoms with Crippen molar-refractivity contribution < 1.29 is 14.4 Å². The average molecular weight is 267 g/mol. The third-order valence-electron chi connectivity index (χ3n) is 2.86. The number of nitrogens with two attached hydrogens (primary N) is 1. The molecule has 0 fully saturated rings. The van der Waals surface area contributed by atoms with Crippen molar-refractivity contribution in [3.8, 4) is 0 Å². The highest BCUT2D eigenvalue weighted by Gasteiger charge is 2.27. The SMILES string of the molecule is CC(Cc1ccco1)NC(=O)C(C(N)=NO)C(C)C. The second kappa shape index (κ2) is 6.82. The first kappa shape index (κ1) is 15.1. The molecule has 0 saturated carbocycles. The third-order valence-corrected chi connectivity index (χ3v) is 2.86. The Morgan fingerprint density at radius 2 is 2.21 bits per heavy atom. The molecule has 0 bridgehead atoms. The molecule has 1 aromatic rings. The summed E-state index contributed by atoms with van der Waals surface area (Å²) in [5, 5.41) is 14.5. The molecule has 0 aliphatic heterocycles. The molecule has 0 aromatic carbocycles. The number of amidine groups is 1. The molecule has 0 aliphatic carbocycles. The lowest BCUT2D eigenvalue weighted by Crippen LogP contribution is -2.45. The number of amides is 1. The molecule has 1 amide bonds. The van der Waals surface area contributed by atoms with Gasteiger partial charge in [0.25, 0.3) is 0 Å². The van der Waals surface area contributed by atoms with Crippen molar-refractivity contribution in [1.82, 2.24) is 5.32 Å². The van der Waals surface area contributed by atoms with Gasteiger partial charge in [0.15, 0.2) is 5.84 Å². The van der Waals surface area contributed by atoms with Crippen LogP contribution in [0.1, 0.15) is 26.5 Å². The van der Waals surface area contributed by atoms with Gasteiger partial charge in [0.1, 0.15) is 11.7 Å². The Bertz CT molecular complexity index is 426. The first-order valence-electron chi connectivity index (χ1n) is 6.25. The number of hydrogen-bond acceptors (Lipinski definition) is 4. The van der Waals surface area contributed by atoms with E-state index in [0.717, 1.165) is 5.76 Å². The van der Waals surface area contributed by atoms with Gasteiger partial charge in [-0.2, -0.15) is 0 Å². The van der Waals surface area contributed by atoms with E-state index in [1.165, 1.54) is 0 Å². The molecule has 1 rings (SSSR count). The van der Waals surface area contributed by atoms with Crippen LogP contribution in [0.5, 0.6) is 0 Å². The maximum absolute atomic E-state index is 12.1. The highest BCUT2D eigenvalue weighted by atomic mass is 16.4. The highest BCUT2D eigenvalue weighted by Crippen LogP contribution is 2.12. The maximum Gasteiger partial charge on any atom is 0.231 e. The fraction of sp³-hybridized carbons (Fsp3) is 0.538. The van der Waals surface area contributed by atoms with Crippen LogP contribution in [0.15, 0.2) is 28.0 Å². The van der Waals surface area contributed by atoms with E-state index in [9.17, 15) is 4.79 Å². The minimum absolute atomic E-state index is 0.0493. The smallest absolute Gasteiger partial charge is 0.231 e. The van der Waals surface area contributed by atoms with Crippen molar-refractivity contribution in [2.45, 2.75) is 33.2 Å². The van der Waals surface area contributed by atoms with Gasteiger partial charge in [0, 0.05) is 12.5 Å². The Labute approximate surface area is 112 Å². The monoisotopic (exact) mass is 267 g/mol. The molecule has 6 heteroatoms. The molecule has 2 atom stereocenters. The molecular formula is C13H21N3O3. The lowest BCUT2D eigenvalue weighted by Gasteiger charge is -2.21. The molecule has 1 aromatic heterocycles. The summed E-state index contributed by atoms with van der Waals surface area (Å²) in [4.78, 5) is 12.1.